The topological polar surface area (TPSA) is 17.1 Å². The predicted molar refractivity (Wildman–Crippen MR) is 37.2 cm³/mol. The van der Waals surface area contributed by atoms with Crippen LogP contribution in [0.5, 0.6) is 0 Å². The van der Waals surface area contributed by atoms with Crippen molar-refractivity contribution < 1.29 is 4.79 Å². The van der Waals surface area contributed by atoms with Crippen molar-refractivity contribution >= 4 is 5.78 Å². The summed E-state index contributed by atoms with van der Waals surface area (Å²) in [5.74, 6) is 0.766. The summed E-state index contributed by atoms with van der Waals surface area (Å²) >= 11 is 0. The van der Waals surface area contributed by atoms with Gasteiger partial charge in [0.25, 0.3) is 0 Å². The first-order valence-electron chi connectivity index (χ1n) is 3.43. The number of rotatable bonds is 1. The minimum absolute atomic E-state index is 0.250. The molecule has 1 nitrogen and oxygen atoms in total. The van der Waals surface area contributed by atoms with E-state index in [2.05, 4.69) is 13.0 Å². The quantitative estimate of drug-likeness (QED) is 0.522. The van der Waals surface area contributed by atoms with E-state index < -0.39 is 0 Å². The Morgan fingerprint density at radius 2 is 2.44 bits per heavy atom. The summed E-state index contributed by atoms with van der Waals surface area (Å²) in [7, 11) is 0. The second-order valence-corrected chi connectivity index (χ2v) is 2.69. The summed E-state index contributed by atoms with van der Waals surface area (Å²) < 4.78 is 0. The Kier molecular flexibility index (Phi) is 1.70. The van der Waals surface area contributed by atoms with Gasteiger partial charge >= 0.3 is 0 Å². The largest absolute Gasteiger partial charge is 0.295 e. The number of carbonyl (C=O) groups excluding carboxylic acids is 1. The van der Waals surface area contributed by atoms with Crippen LogP contribution in [0.4, 0.5) is 0 Å². The molecule has 0 amide bonds. The third kappa shape index (κ3) is 1.21. The third-order valence-electron chi connectivity index (χ3n) is 1.90. The van der Waals surface area contributed by atoms with Gasteiger partial charge < -0.3 is 0 Å². The van der Waals surface area contributed by atoms with Gasteiger partial charge in [0.2, 0.25) is 0 Å². The molecular weight excluding hydrogens is 112 g/mol. The summed E-state index contributed by atoms with van der Waals surface area (Å²) in [6.07, 6.45) is 4.32. The molecule has 1 heteroatoms. The van der Waals surface area contributed by atoms with Crippen molar-refractivity contribution in [2.45, 2.75) is 26.7 Å². The molecule has 0 heterocycles. The van der Waals surface area contributed by atoms with E-state index in [1.807, 2.05) is 0 Å². The van der Waals surface area contributed by atoms with E-state index in [0.29, 0.717) is 5.92 Å². The van der Waals surface area contributed by atoms with Crippen LogP contribution in [-0.4, -0.2) is 5.78 Å². The molecule has 0 N–H and O–H groups in total. The van der Waals surface area contributed by atoms with Crippen molar-refractivity contribution in [1.82, 2.24) is 0 Å². The molecule has 1 aliphatic rings. The Hall–Kier alpha value is -0.590. The highest BCUT2D eigenvalue weighted by Gasteiger charge is 2.16. The van der Waals surface area contributed by atoms with Gasteiger partial charge in [-0.2, -0.15) is 0 Å². The number of hydrogen-bond donors (Lipinski definition) is 0. The van der Waals surface area contributed by atoms with Crippen molar-refractivity contribution in [3.05, 3.63) is 11.6 Å². The second kappa shape index (κ2) is 2.34. The van der Waals surface area contributed by atoms with Crippen LogP contribution < -0.4 is 0 Å². The zero-order valence-electron chi connectivity index (χ0n) is 5.98. The van der Waals surface area contributed by atoms with Crippen LogP contribution in [0.1, 0.15) is 26.7 Å². The van der Waals surface area contributed by atoms with Gasteiger partial charge in [0.05, 0.1) is 0 Å². The lowest BCUT2D eigenvalue weighted by Gasteiger charge is -2.02. The molecule has 50 valence electrons. The zero-order valence-corrected chi connectivity index (χ0v) is 5.98. The molecule has 0 aromatic rings. The summed E-state index contributed by atoms with van der Waals surface area (Å²) in [6, 6.07) is 0. The average molecular weight is 124 g/mol. The molecular formula is C8H12O. The van der Waals surface area contributed by atoms with Gasteiger partial charge in [-0.25, -0.2) is 0 Å². The van der Waals surface area contributed by atoms with Gasteiger partial charge in [-0.1, -0.05) is 13.0 Å². The molecule has 0 saturated heterocycles. The molecule has 0 aromatic carbocycles. The molecule has 1 rings (SSSR count). The Balaban J connectivity index is 2.68. The molecule has 9 heavy (non-hydrogen) atoms. The molecule has 0 radical (unpaired) electrons. The fourth-order valence-electron chi connectivity index (χ4n) is 1.34. The van der Waals surface area contributed by atoms with Crippen molar-refractivity contribution in [1.29, 1.82) is 0 Å². The second-order valence-electron chi connectivity index (χ2n) is 2.69. The number of Topliss-reactive ketones (excluding diaryl/α,β-unsaturated/α-hetero) is 1. The van der Waals surface area contributed by atoms with E-state index in [1.54, 1.807) is 6.92 Å². The standard InChI is InChI=1S/C8H12O/c1-6-4-3-5-8(6)7(2)9/h5-6H,3-4H2,1-2H3/t6-/m1/s1. The Labute approximate surface area is 55.8 Å². The van der Waals surface area contributed by atoms with Crippen LogP contribution in [0, 0.1) is 5.92 Å². The van der Waals surface area contributed by atoms with Crippen molar-refractivity contribution in [3.8, 4) is 0 Å². The molecule has 0 spiro atoms. The van der Waals surface area contributed by atoms with E-state index >= 15 is 0 Å². The minimum atomic E-state index is 0.250. The normalized spacial score (nSPS) is 26.0. The van der Waals surface area contributed by atoms with Crippen LogP contribution in [0.3, 0.4) is 0 Å². The van der Waals surface area contributed by atoms with E-state index in [9.17, 15) is 4.79 Å². The molecule has 0 unspecified atom stereocenters. The fraction of sp³-hybridized carbons (Fsp3) is 0.625. The summed E-state index contributed by atoms with van der Waals surface area (Å²) in [4.78, 5) is 10.8. The van der Waals surface area contributed by atoms with Crippen molar-refractivity contribution in [3.63, 3.8) is 0 Å². The first-order chi connectivity index (χ1) is 4.22. The molecule has 1 atom stereocenters. The Morgan fingerprint density at radius 1 is 1.78 bits per heavy atom. The zero-order chi connectivity index (χ0) is 6.85. The highest BCUT2D eigenvalue weighted by Crippen LogP contribution is 2.24. The Bertz CT molecular complexity index is 156. The first kappa shape index (κ1) is 6.53. The number of hydrogen-bond acceptors (Lipinski definition) is 1. The Morgan fingerprint density at radius 3 is 2.67 bits per heavy atom. The number of ketones is 1. The summed E-state index contributed by atoms with van der Waals surface area (Å²) in [5.41, 5.74) is 1.04. The minimum Gasteiger partial charge on any atom is -0.295 e. The van der Waals surface area contributed by atoms with Crippen LogP contribution >= 0.6 is 0 Å². The van der Waals surface area contributed by atoms with Gasteiger partial charge in [0.1, 0.15) is 0 Å². The van der Waals surface area contributed by atoms with Gasteiger partial charge in [-0.3, -0.25) is 4.79 Å². The SMILES string of the molecule is CC(=O)C1=CCC[C@H]1C. The van der Waals surface area contributed by atoms with Crippen molar-refractivity contribution in [2.75, 3.05) is 0 Å². The van der Waals surface area contributed by atoms with E-state index in [-0.39, 0.29) is 5.78 Å². The molecule has 0 fully saturated rings. The van der Waals surface area contributed by atoms with E-state index in [1.165, 1.54) is 0 Å². The average Bonchev–Trinajstić information content (AvgIpc) is 2.13. The third-order valence-corrected chi connectivity index (χ3v) is 1.90. The maximum Gasteiger partial charge on any atom is 0.155 e. The number of carbonyl (C=O) groups is 1. The first-order valence-corrected chi connectivity index (χ1v) is 3.43. The maximum atomic E-state index is 10.8. The summed E-state index contributed by atoms with van der Waals surface area (Å²) in [5, 5.41) is 0. The smallest absolute Gasteiger partial charge is 0.155 e. The van der Waals surface area contributed by atoms with Crippen LogP contribution in [0.2, 0.25) is 0 Å². The summed E-state index contributed by atoms with van der Waals surface area (Å²) in [6.45, 7) is 3.76. The lowest BCUT2D eigenvalue weighted by molar-refractivity contribution is -0.114. The number of allylic oxidation sites excluding steroid dienone is 2. The molecule has 0 bridgehead atoms. The van der Waals surface area contributed by atoms with Crippen LogP contribution in [0.25, 0.3) is 0 Å². The molecule has 0 saturated carbocycles. The molecule has 0 aromatic heterocycles. The van der Waals surface area contributed by atoms with Gasteiger partial charge in [0, 0.05) is 0 Å². The van der Waals surface area contributed by atoms with Crippen LogP contribution in [-0.2, 0) is 4.79 Å². The van der Waals surface area contributed by atoms with E-state index in [4.69, 9.17) is 0 Å². The van der Waals surface area contributed by atoms with Crippen LogP contribution in [0.15, 0.2) is 11.6 Å². The van der Waals surface area contributed by atoms with Gasteiger partial charge in [-0.05, 0) is 31.3 Å². The maximum absolute atomic E-state index is 10.8. The lowest BCUT2D eigenvalue weighted by Crippen LogP contribution is -2.01. The molecule has 0 aliphatic heterocycles. The monoisotopic (exact) mass is 124 g/mol. The van der Waals surface area contributed by atoms with Gasteiger partial charge in [0.15, 0.2) is 5.78 Å². The fourth-order valence-corrected chi connectivity index (χ4v) is 1.34. The highest BCUT2D eigenvalue weighted by atomic mass is 16.1. The molecule has 1 aliphatic carbocycles. The van der Waals surface area contributed by atoms with Crippen molar-refractivity contribution in [2.24, 2.45) is 5.92 Å². The lowest BCUT2D eigenvalue weighted by atomic mass is 10.0. The van der Waals surface area contributed by atoms with E-state index in [0.717, 1.165) is 18.4 Å². The van der Waals surface area contributed by atoms with Gasteiger partial charge in [-0.15, -0.1) is 0 Å². The predicted octanol–water partition coefficient (Wildman–Crippen LogP) is 1.93. The highest BCUT2D eigenvalue weighted by molar-refractivity contribution is 5.94.